The normalized spacial score (nSPS) is 10.9. The van der Waals surface area contributed by atoms with Gasteiger partial charge in [-0.05, 0) is 48.4 Å². The number of nitrogens with one attached hydrogen (secondary N) is 1. The number of carbonyl (C=O) groups excluding carboxylic acids is 1. The Kier molecular flexibility index (Phi) is 6.17. The lowest BCUT2D eigenvalue weighted by molar-refractivity contribution is 0.0951. The number of nitrogens with zero attached hydrogens (tertiary/aromatic N) is 2. The Labute approximate surface area is 178 Å². The van der Waals surface area contributed by atoms with Gasteiger partial charge in [0.25, 0.3) is 5.91 Å². The van der Waals surface area contributed by atoms with Crippen molar-refractivity contribution in [1.82, 2.24) is 14.7 Å². The van der Waals surface area contributed by atoms with Gasteiger partial charge in [-0.2, -0.15) is 0 Å². The van der Waals surface area contributed by atoms with E-state index in [0.29, 0.717) is 22.9 Å². The number of fused-ring (bicyclic) bond motifs is 1. The molecule has 0 atom stereocenters. The molecule has 2 heterocycles. The Bertz CT molecular complexity index is 1090. The molecule has 0 bridgehead atoms. The van der Waals surface area contributed by atoms with Crippen LogP contribution < -0.4 is 5.32 Å². The topological polar surface area (TPSA) is 46.4 Å². The quantitative estimate of drug-likeness (QED) is 0.414. The van der Waals surface area contributed by atoms with Crippen LogP contribution >= 0.6 is 23.4 Å². The predicted molar refractivity (Wildman–Crippen MR) is 119 cm³/mol. The molecule has 146 valence electrons. The summed E-state index contributed by atoms with van der Waals surface area (Å²) in [6.07, 6.45) is 4.77. The van der Waals surface area contributed by atoms with Crippen LogP contribution in [0.25, 0.3) is 5.65 Å². The molecule has 6 heteroatoms. The van der Waals surface area contributed by atoms with Crippen LogP contribution in [0.15, 0.2) is 84.0 Å². The number of imidazole rings is 1. The van der Waals surface area contributed by atoms with Crippen LogP contribution in [-0.4, -0.2) is 21.8 Å². The van der Waals surface area contributed by atoms with Gasteiger partial charge in [0.15, 0.2) is 0 Å². The Hall–Kier alpha value is -2.76. The minimum Gasteiger partial charge on any atom is -0.352 e. The maximum absolute atomic E-state index is 12.7. The Morgan fingerprint density at radius 3 is 2.66 bits per heavy atom. The highest BCUT2D eigenvalue weighted by molar-refractivity contribution is 7.98. The molecule has 0 saturated carbocycles. The van der Waals surface area contributed by atoms with Crippen molar-refractivity contribution in [1.29, 1.82) is 0 Å². The number of hydrogen-bond acceptors (Lipinski definition) is 3. The summed E-state index contributed by atoms with van der Waals surface area (Å²) in [5, 5.41) is 3.73. The van der Waals surface area contributed by atoms with E-state index >= 15 is 0 Å². The lowest BCUT2D eigenvalue weighted by Crippen LogP contribution is -2.26. The maximum Gasteiger partial charge on any atom is 0.252 e. The van der Waals surface area contributed by atoms with E-state index < -0.39 is 0 Å². The highest BCUT2D eigenvalue weighted by Crippen LogP contribution is 2.26. The predicted octanol–water partition coefficient (Wildman–Crippen LogP) is 5.25. The summed E-state index contributed by atoms with van der Waals surface area (Å²) >= 11 is 7.54. The summed E-state index contributed by atoms with van der Waals surface area (Å²) in [4.78, 5) is 18.3. The molecule has 0 radical (unpaired) electrons. The highest BCUT2D eigenvalue weighted by Gasteiger charge is 2.12. The highest BCUT2D eigenvalue weighted by atomic mass is 35.5. The van der Waals surface area contributed by atoms with Crippen LogP contribution in [0.1, 0.15) is 21.6 Å². The van der Waals surface area contributed by atoms with Crippen molar-refractivity contribution < 1.29 is 4.79 Å². The molecular formula is C23H20ClN3OS. The Morgan fingerprint density at radius 1 is 1.03 bits per heavy atom. The van der Waals surface area contributed by atoms with Gasteiger partial charge in [0, 0.05) is 34.6 Å². The zero-order valence-electron chi connectivity index (χ0n) is 15.7. The third-order valence-electron chi connectivity index (χ3n) is 4.53. The van der Waals surface area contributed by atoms with Crippen molar-refractivity contribution in [3.8, 4) is 0 Å². The fourth-order valence-corrected chi connectivity index (χ4v) is 4.11. The smallest absolute Gasteiger partial charge is 0.252 e. The standard InChI is InChI=1S/C23H20ClN3OS/c24-18-10-8-17(9-11-18)12-13-25-23(28)20-5-1-2-6-21(20)29-16-19-15-27-14-4-3-7-22(27)26-19/h1-11,14-15H,12-13,16H2,(H,25,28). The molecule has 0 saturated heterocycles. The Morgan fingerprint density at radius 2 is 1.83 bits per heavy atom. The number of rotatable bonds is 7. The first kappa shape index (κ1) is 19.6. The minimum absolute atomic E-state index is 0.0583. The molecule has 1 amide bonds. The molecule has 0 aliphatic rings. The van der Waals surface area contributed by atoms with Crippen LogP contribution in [0, 0.1) is 0 Å². The summed E-state index contributed by atoms with van der Waals surface area (Å²) < 4.78 is 2.01. The van der Waals surface area contributed by atoms with Crippen molar-refractivity contribution >= 4 is 34.9 Å². The maximum atomic E-state index is 12.7. The third kappa shape index (κ3) is 5.00. The average Bonchev–Trinajstić information content (AvgIpc) is 3.17. The number of thioether (sulfide) groups is 1. The molecule has 29 heavy (non-hydrogen) atoms. The summed E-state index contributed by atoms with van der Waals surface area (Å²) in [6, 6.07) is 21.3. The van der Waals surface area contributed by atoms with Crippen LogP contribution in [-0.2, 0) is 12.2 Å². The summed E-state index contributed by atoms with van der Waals surface area (Å²) in [6.45, 7) is 0.575. The molecule has 0 aliphatic heterocycles. The van der Waals surface area contributed by atoms with Crippen molar-refractivity contribution in [2.75, 3.05) is 6.54 Å². The van der Waals surface area contributed by atoms with Gasteiger partial charge in [-0.1, -0.05) is 41.9 Å². The van der Waals surface area contributed by atoms with Crippen molar-refractivity contribution in [3.05, 3.63) is 101 Å². The van der Waals surface area contributed by atoms with E-state index in [4.69, 9.17) is 11.6 Å². The molecular weight excluding hydrogens is 402 g/mol. The number of pyridine rings is 1. The molecule has 2 aromatic carbocycles. The minimum atomic E-state index is -0.0583. The molecule has 0 fully saturated rings. The summed E-state index contributed by atoms with van der Waals surface area (Å²) in [5.41, 5.74) is 3.75. The molecule has 4 aromatic rings. The number of carbonyl (C=O) groups is 1. The van der Waals surface area contributed by atoms with E-state index in [1.807, 2.05) is 83.5 Å². The zero-order valence-corrected chi connectivity index (χ0v) is 17.3. The Balaban J connectivity index is 1.37. The second-order valence-corrected chi connectivity index (χ2v) is 8.07. The number of amides is 1. The van der Waals surface area contributed by atoms with E-state index in [9.17, 15) is 4.79 Å². The van der Waals surface area contributed by atoms with Crippen molar-refractivity contribution in [2.45, 2.75) is 17.1 Å². The van der Waals surface area contributed by atoms with E-state index in [1.165, 1.54) is 0 Å². The van der Waals surface area contributed by atoms with E-state index in [-0.39, 0.29) is 5.91 Å². The number of benzene rings is 2. The van der Waals surface area contributed by atoms with Crippen LogP contribution in [0.4, 0.5) is 0 Å². The second kappa shape index (κ2) is 9.16. The van der Waals surface area contributed by atoms with Gasteiger partial charge in [-0.15, -0.1) is 11.8 Å². The molecule has 1 N–H and O–H groups in total. The van der Waals surface area contributed by atoms with Gasteiger partial charge in [-0.3, -0.25) is 4.79 Å². The van der Waals surface area contributed by atoms with Crippen LogP contribution in [0.2, 0.25) is 5.02 Å². The molecule has 0 unspecified atom stereocenters. The number of halogens is 1. The first-order chi connectivity index (χ1) is 14.2. The summed E-state index contributed by atoms with van der Waals surface area (Å²) in [5.74, 6) is 0.647. The first-order valence-corrected chi connectivity index (χ1v) is 10.7. The monoisotopic (exact) mass is 421 g/mol. The van der Waals surface area contributed by atoms with Gasteiger partial charge >= 0.3 is 0 Å². The lowest BCUT2D eigenvalue weighted by atomic mass is 10.1. The number of aromatic nitrogens is 2. The largest absolute Gasteiger partial charge is 0.352 e. The lowest BCUT2D eigenvalue weighted by Gasteiger charge is -2.09. The zero-order chi connectivity index (χ0) is 20.1. The van der Waals surface area contributed by atoms with Gasteiger partial charge in [-0.25, -0.2) is 4.98 Å². The molecule has 0 spiro atoms. The van der Waals surface area contributed by atoms with Gasteiger partial charge in [0.1, 0.15) is 5.65 Å². The molecule has 2 aromatic heterocycles. The summed E-state index contributed by atoms with van der Waals surface area (Å²) in [7, 11) is 0. The second-order valence-electron chi connectivity index (χ2n) is 6.62. The molecule has 0 aliphatic carbocycles. The van der Waals surface area contributed by atoms with Crippen LogP contribution in [0.3, 0.4) is 0 Å². The molecule has 4 rings (SSSR count). The van der Waals surface area contributed by atoms with E-state index in [2.05, 4.69) is 10.3 Å². The van der Waals surface area contributed by atoms with Crippen molar-refractivity contribution in [3.63, 3.8) is 0 Å². The van der Waals surface area contributed by atoms with E-state index in [0.717, 1.165) is 28.2 Å². The van der Waals surface area contributed by atoms with E-state index in [1.54, 1.807) is 11.8 Å². The fourth-order valence-electron chi connectivity index (χ4n) is 3.06. The fraction of sp³-hybridized carbons (Fsp3) is 0.130. The number of hydrogen-bond donors (Lipinski definition) is 1. The van der Waals surface area contributed by atoms with Crippen molar-refractivity contribution in [2.24, 2.45) is 0 Å². The molecule has 4 nitrogen and oxygen atoms in total. The SMILES string of the molecule is O=C(NCCc1ccc(Cl)cc1)c1ccccc1SCc1cn2ccccc2n1. The average molecular weight is 422 g/mol. The van der Waals surface area contributed by atoms with Gasteiger partial charge < -0.3 is 9.72 Å². The third-order valence-corrected chi connectivity index (χ3v) is 5.89. The van der Waals surface area contributed by atoms with Gasteiger partial charge in [0.05, 0.1) is 11.3 Å². The van der Waals surface area contributed by atoms with Gasteiger partial charge in [0.2, 0.25) is 0 Å². The first-order valence-electron chi connectivity index (χ1n) is 9.36. The van der Waals surface area contributed by atoms with Crippen LogP contribution in [0.5, 0.6) is 0 Å².